The van der Waals surface area contributed by atoms with E-state index in [1.54, 1.807) is 54.6 Å². The van der Waals surface area contributed by atoms with Gasteiger partial charge < -0.3 is 20.5 Å². The minimum atomic E-state index is -1.53. The van der Waals surface area contributed by atoms with Crippen LogP contribution < -0.4 is 10.6 Å². The number of rotatable bonds is 9. The quantitative estimate of drug-likeness (QED) is 0.565. The zero-order valence-electron chi connectivity index (χ0n) is 15.0. The van der Waals surface area contributed by atoms with Crippen molar-refractivity contribution in [1.29, 1.82) is 0 Å². The van der Waals surface area contributed by atoms with E-state index in [1.165, 1.54) is 0 Å². The van der Waals surface area contributed by atoms with Crippen molar-refractivity contribution in [3.8, 4) is 0 Å². The third-order valence-electron chi connectivity index (χ3n) is 3.72. The van der Waals surface area contributed by atoms with Gasteiger partial charge in [-0.1, -0.05) is 60.7 Å². The standard InChI is InChI=1S/C20H20N2O6/c23-17(24)11-16(22-20(27)28-13-15-9-5-2-6-10-15)18(25)19(26)21-12-14-7-3-1-4-8-14/h1-10,16H,11-13H2,(H,21,26)(H,22,27)(H,23,24). The van der Waals surface area contributed by atoms with Crippen molar-refractivity contribution < 1.29 is 29.0 Å². The van der Waals surface area contributed by atoms with Crippen LogP contribution in [0.1, 0.15) is 17.5 Å². The molecule has 8 heteroatoms. The number of carboxylic acid groups (broad SMARTS) is 1. The number of carbonyl (C=O) groups is 4. The van der Waals surface area contributed by atoms with Gasteiger partial charge >= 0.3 is 12.1 Å². The number of carboxylic acids is 1. The lowest BCUT2D eigenvalue weighted by Gasteiger charge is -2.15. The van der Waals surface area contributed by atoms with E-state index in [-0.39, 0.29) is 13.2 Å². The van der Waals surface area contributed by atoms with Crippen LogP contribution in [0, 0.1) is 0 Å². The SMILES string of the molecule is O=C(O)CC(NC(=O)OCc1ccccc1)C(=O)C(=O)NCc1ccccc1. The molecule has 0 heterocycles. The minimum absolute atomic E-state index is 0.0547. The monoisotopic (exact) mass is 384 g/mol. The molecule has 0 aromatic heterocycles. The molecule has 0 aliphatic rings. The maximum absolute atomic E-state index is 12.3. The Bertz CT molecular complexity index is 823. The molecule has 8 nitrogen and oxygen atoms in total. The number of alkyl carbamates (subject to hydrolysis) is 1. The van der Waals surface area contributed by atoms with Gasteiger partial charge in [-0.25, -0.2) is 4.79 Å². The van der Waals surface area contributed by atoms with Gasteiger partial charge in [0, 0.05) is 6.54 Å². The highest BCUT2D eigenvalue weighted by Crippen LogP contribution is 2.03. The van der Waals surface area contributed by atoms with Crippen LogP contribution in [0.25, 0.3) is 0 Å². The Morgan fingerprint density at radius 1 is 0.893 bits per heavy atom. The van der Waals surface area contributed by atoms with Crippen molar-refractivity contribution in [3.63, 3.8) is 0 Å². The minimum Gasteiger partial charge on any atom is -0.481 e. The highest BCUT2D eigenvalue weighted by molar-refractivity contribution is 6.38. The van der Waals surface area contributed by atoms with Crippen LogP contribution in [0.2, 0.25) is 0 Å². The van der Waals surface area contributed by atoms with Crippen LogP contribution in [0.5, 0.6) is 0 Å². The van der Waals surface area contributed by atoms with Crippen LogP contribution in [-0.2, 0) is 32.3 Å². The van der Waals surface area contributed by atoms with Crippen molar-refractivity contribution in [2.75, 3.05) is 0 Å². The lowest BCUT2D eigenvalue weighted by molar-refractivity contribution is -0.142. The molecule has 0 fully saturated rings. The first-order valence-corrected chi connectivity index (χ1v) is 8.50. The second-order valence-corrected chi connectivity index (χ2v) is 5.89. The Morgan fingerprint density at radius 2 is 1.46 bits per heavy atom. The number of aliphatic carboxylic acids is 1. The van der Waals surface area contributed by atoms with Crippen LogP contribution in [0.3, 0.4) is 0 Å². The average Bonchev–Trinajstić information content (AvgIpc) is 2.70. The predicted molar refractivity (Wildman–Crippen MR) is 99.1 cm³/mol. The molecule has 0 aliphatic heterocycles. The first-order valence-electron chi connectivity index (χ1n) is 8.50. The topological polar surface area (TPSA) is 122 Å². The number of hydrogen-bond acceptors (Lipinski definition) is 5. The van der Waals surface area contributed by atoms with Gasteiger partial charge in [-0.05, 0) is 11.1 Å². The van der Waals surface area contributed by atoms with E-state index in [0.29, 0.717) is 0 Å². The number of ether oxygens (including phenoxy) is 1. The smallest absolute Gasteiger partial charge is 0.408 e. The normalized spacial score (nSPS) is 11.1. The molecule has 0 aliphatic carbocycles. The molecule has 0 saturated heterocycles. The molecule has 146 valence electrons. The maximum atomic E-state index is 12.3. The Morgan fingerprint density at radius 3 is 2.04 bits per heavy atom. The molecule has 28 heavy (non-hydrogen) atoms. The summed E-state index contributed by atoms with van der Waals surface area (Å²) in [6.45, 7) is 0.0461. The van der Waals surface area contributed by atoms with Crippen molar-refractivity contribution in [2.24, 2.45) is 0 Å². The molecule has 2 aromatic carbocycles. The summed E-state index contributed by atoms with van der Waals surface area (Å²) in [6.07, 6.45) is -1.72. The van der Waals surface area contributed by atoms with Crippen LogP contribution in [0.4, 0.5) is 4.79 Å². The molecule has 0 saturated carbocycles. The average molecular weight is 384 g/mol. The van der Waals surface area contributed by atoms with Crippen molar-refractivity contribution in [1.82, 2.24) is 10.6 Å². The molecule has 2 amide bonds. The second-order valence-electron chi connectivity index (χ2n) is 5.89. The summed E-state index contributed by atoms with van der Waals surface area (Å²) in [5, 5.41) is 13.5. The van der Waals surface area contributed by atoms with E-state index in [2.05, 4.69) is 10.6 Å². The lowest BCUT2D eigenvalue weighted by atomic mass is 10.1. The summed E-state index contributed by atoms with van der Waals surface area (Å²) >= 11 is 0. The molecular weight excluding hydrogens is 364 g/mol. The van der Waals surface area contributed by atoms with Crippen molar-refractivity contribution in [3.05, 3.63) is 71.8 Å². The summed E-state index contributed by atoms with van der Waals surface area (Å²) in [7, 11) is 0. The molecule has 2 aromatic rings. The number of ketones is 1. The zero-order chi connectivity index (χ0) is 20.4. The van der Waals surface area contributed by atoms with Crippen molar-refractivity contribution in [2.45, 2.75) is 25.6 Å². The fourth-order valence-corrected chi connectivity index (χ4v) is 2.31. The lowest BCUT2D eigenvalue weighted by Crippen LogP contribution is -2.48. The summed E-state index contributed by atoms with van der Waals surface area (Å²) in [5.41, 5.74) is 1.49. The fourth-order valence-electron chi connectivity index (χ4n) is 2.31. The zero-order valence-corrected chi connectivity index (χ0v) is 15.0. The first kappa shape index (κ1) is 20.6. The first-order chi connectivity index (χ1) is 13.5. The molecule has 0 bridgehead atoms. The molecule has 0 radical (unpaired) electrons. The fraction of sp³-hybridized carbons (Fsp3) is 0.200. The van der Waals surface area contributed by atoms with E-state index in [1.807, 2.05) is 6.07 Å². The van der Waals surface area contributed by atoms with Crippen LogP contribution in [-0.4, -0.2) is 34.9 Å². The highest BCUT2D eigenvalue weighted by atomic mass is 16.5. The molecule has 2 rings (SSSR count). The molecule has 3 N–H and O–H groups in total. The van der Waals surface area contributed by atoms with Crippen molar-refractivity contribution >= 4 is 23.8 Å². The van der Waals surface area contributed by atoms with E-state index < -0.39 is 36.2 Å². The number of nitrogens with one attached hydrogen (secondary N) is 2. The van der Waals surface area contributed by atoms with E-state index in [9.17, 15) is 19.2 Å². The molecule has 1 atom stereocenters. The van der Waals surface area contributed by atoms with E-state index >= 15 is 0 Å². The Kier molecular flexibility index (Phi) is 7.71. The Labute approximate surface area is 161 Å². The van der Waals surface area contributed by atoms with E-state index in [4.69, 9.17) is 9.84 Å². The van der Waals surface area contributed by atoms with Crippen LogP contribution in [0.15, 0.2) is 60.7 Å². The number of benzene rings is 2. The number of amides is 2. The Balaban J connectivity index is 1.91. The summed E-state index contributed by atoms with van der Waals surface area (Å²) < 4.78 is 4.97. The van der Waals surface area contributed by atoms with Gasteiger partial charge in [0.15, 0.2) is 0 Å². The summed E-state index contributed by atoms with van der Waals surface area (Å²) in [5.74, 6) is -3.38. The third-order valence-corrected chi connectivity index (χ3v) is 3.72. The number of hydrogen-bond donors (Lipinski definition) is 3. The molecular formula is C20H20N2O6. The third kappa shape index (κ3) is 6.91. The van der Waals surface area contributed by atoms with Gasteiger partial charge in [0.2, 0.25) is 5.78 Å². The molecule has 1 unspecified atom stereocenters. The summed E-state index contributed by atoms with van der Waals surface area (Å²) in [4.78, 5) is 47.2. The maximum Gasteiger partial charge on any atom is 0.408 e. The van der Waals surface area contributed by atoms with Gasteiger partial charge in [0.1, 0.15) is 12.6 Å². The predicted octanol–water partition coefficient (Wildman–Crippen LogP) is 1.64. The van der Waals surface area contributed by atoms with Gasteiger partial charge in [-0.3, -0.25) is 14.4 Å². The summed E-state index contributed by atoms with van der Waals surface area (Å²) in [6, 6.07) is 16.2. The highest BCUT2D eigenvalue weighted by Gasteiger charge is 2.29. The largest absolute Gasteiger partial charge is 0.481 e. The second kappa shape index (κ2) is 10.5. The Hall–Kier alpha value is -3.68. The van der Waals surface area contributed by atoms with Gasteiger partial charge in [0.05, 0.1) is 6.42 Å². The molecule has 0 spiro atoms. The van der Waals surface area contributed by atoms with E-state index in [0.717, 1.165) is 11.1 Å². The van der Waals surface area contributed by atoms with Crippen LogP contribution >= 0.6 is 0 Å². The number of Topliss-reactive ketones (excluding diaryl/α,β-unsaturated/α-hetero) is 1. The van der Waals surface area contributed by atoms with Gasteiger partial charge in [-0.15, -0.1) is 0 Å². The van der Waals surface area contributed by atoms with Gasteiger partial charge in [0.25, 0.3) is 5.91 Å². The number of carbonyl (C=O) groups excluding carboxylic acids is 3. The van der Waals surface area contributed by atoms with Gasteiger partial charge in [-0.2, -0.15) is 0 Å².